The summed E-state index contributed by atoms with van der Waals surface area (Å²) in [7, 11) is 0. The van der Waals surface area contributed by atoms with E-state index in [1.165, 1.54) is 12.1 Å². The van der Waals surface area contributed by atoms with Crippen LogP contribution in [0.4, 0.5) is 4.39 Å². The van der Waals surface area contributed by atoms with Gasteiger partial charge in [0.25, 0.3) is 0 Å². The van der Waals surface area contributed by atoms with Crippen molar-refractivity contribution < 1.29 is 8.91 Å². The van der Waals surface area contributed by atoms with Crippen molar-refractivity contribution >= 4 is 0 Å². The van der Waals surface area contributed by atoms with Crippen LogP contribution in [0.15, 0.2) is 28.8 Å². The van der Waals surface area contributed by atoms with Crippen LogP contribution in [0.5, 0.6) is 0 Å². The van der Waals surface area contributed by atoms with E-state index in [-0.39, 0.29) is 5.82 Å². The second kappa shape index (κ2) is 6.12. The van der Waals surface area contributed by atoms with Gasteiger partial charge in [-0.1, -0.05) is 5.16 Å². The van der Waals surface area contributed by atoms with Crippen molar-refractivity contribution in [2.45, 2.75) is 38.3 Å². The molecule has 1 aliphatic carbocycles. The smallest absolute Gasteiger partial charge is 0.229 e. The number of aromatic nitrogens is 5. The summed E-state index contributed by atoms with van der Waals surface area (Å²) in [6.07, 6.45) is 1.95. The van der Waals surface area contributed by atoms with Gasteiger partial charge in [0.05, 0.1) is 6.54 Å². The molecule has 0 saturated heterocycles. The standard InChI is InChI=1S/C16H17FN6O/c1-9-19-16(24-23-9)11-6-13(7-11)18-8-14-20-15(22-21-14)10-2-4-12(17)5-3-10/h2-5,11,13,18H,6-8H2,1H3,(H,20,21,22). The van der Waals surface area contributed by atoms with E-state index in [4.69, 9.17) is 4.52 Å². The third kappa shape index (κ3) is 3.05. The van der Waals surface area contributed by atoms with Crippen LogP contribution in [0.1, 0.15) is 36.3 Å². The average Bonchev–Trinajstić information content (AvgIpc) is 3.16. The average molecular weight is 328 g/mol. The number of nitrogens with one attached hydrogen (secondary N) is 2. The molecule has 0 radical (unpaired) electrons. The van der Waals surface area contributed by atoms with E-state index < -0.39 is 0 Å². The zero-order valence-electron chi connectivity index (χ0n) is 13.2. The van der Waals surface area contributed by atoms with Gasteiger partial charge in [-0.3, -0.25) is 5.10 Å². The Morgan fingerprint density at radius 1 is 1.25 bits per heavy atom. The SMILES string of the molecule is Cc1noc(C2CC(NCc3nc(-c4ccc(F)cc4)n[nH]3)C2)n1. The molecule has 0 aliphatic heterocycles. The molecule has 2 aromatic heterocycles. The van der Waals surface area contributed by atoms with Gasteiger partial charge >= 0.3 is 0 Å². The first-order chi connectivity index (χ1) is 11.7. The van der Waals surface area contributed by atoms with Gasteiger partial charge in [0, 0.05) is 17.5 Å². The van der Waals surface area contributed by atoms with Gasteiger partial charge in [-0.15, -0.1) is 0 Å². The van der Waals surface area contributed by atoms with Crippen molar-refractivity contribution in [1.29, 1.82) is 0 Å². The van der Waals surface area contributed by atoms with Crippen molar-refractivity contribution in [2.24, 2.45) is 0 Å². The first kappa shape index (κ1) is 14.9. The highest BCUT2D eigenvalue weighted by atomic mass is 19.1. The second-order valence-corrected chi connectivity index (χ2v) is 6.04. The van der Waals surface area contributed by atoms with E-state index >= 15 is 0 Å². The topological polar surface area (TPSA) is 92.5 Å². The van der Waals surface area contributed by atoms with Crippen LogP contribution in [-0.4, -0.2) is 31.4 Å². The van der Waals surface area contributed by atoms with Crippen LogP contribution in [0.25, 0.3) is 11.4 Å². The quantitative estimate of drug-likeness (QED) is 0.747. The Kier molecular flexibility index (Phi) is 3.81. The number of hydrogen-bond donors (Lipinski definition) is 2. The van der Waals surface area contributed by atoms with Gasteiger partial charge in [-0.05, 0) is 44.0 Å². The molecule has 1 aliphatic rings. The van der Waals surface area contributed by atoms with E-state index in [0.717, 1.165) is 30.1 Å². The molecule has 24 heavy (non-hydrogen) atoms. The Labute approximate surface area is 137 Å². The summed E-state index contributed by atoms with van der Waals surface area (Å²) in [6.45, 7) is 2.43. The third-order valence-corrected chi connectivity index (χ3v) is 4.22. The molecule has 3 aromatic rings. The minimum absolute atomic E-state index is 0.271. The highest BCUT2D eigenvalue weighted by Gasteiger charge is 2.33. The summed E-state index contributed by atoms with van der Waals surface area (Å²) in [6, 6.07) is 6.54. The van der Waals surface area contributed by atoms with E-state index in [0.29, 0.717) is 30.2 Å². The number of aromatic amines is 1. The molecule has 0 atom stereocenters. The highest BCUT2D eigenvalue weighted by Crippen LogP contribution is 2.35. The molecule has 8 heteroatoms. The first-order valence-electron chi connectivity index (χ1n) is 7.88. The maximum atomic E-state index is 12.9. The molecule has 0 unspecified atom stereocenters. The first-order valence-corrected chi connectivity index (χ1v) is 7.88. The Morgan fingerprint density at radius 2 is 2.04 bits per heavy atom. The summed E-state index contributed by atoms with van der Waals surface area (Å²) in [5.74, 6) is 2.80. The molecule has 0 bridgehead atoms. The van der Waals surface area contributed by atoms with Crippen molar-refractivity contribution in [1.82, 2.24) is 30.6 Å². The number of H-pyrrole nitrogens is 1. The molecule has 2 N–H and O–H groups in total. The lowest BCUT2D eigenvalue weighted by Crippen LogP contribution is -2.39. The fraction of sp³-hybridized carbons (Fsp3) is 0.375. The highest BCUT2D eigenvalue weighted by molar-refractivity contribution is 5.53. The lowest BCUT2D eigenvalue weighted by atomic mass is 9.80. The van der Waals surface area contributed by atoms with E-state index in [1.54, 1.807) is 12.1 Å². The van der Waals surface area contributed by atoms with Gasteiger partial charge in [-0.25, -0.2) is 9.37 Å². The lowest BCUT2D eigenvalue weighted by Gasteiger charge is -2.33. The molecule has 2 heterocycles. The monoisotopic (exact) mass is 328 g/mol. The molecule has 7 nitrogen and oxygen atoms in total. The number of nitrogens with zero attached hydrogens (tertiary/aromatic N) is 4. The minimum atomic E-state index is -0.271. The number of aryl methyl sites for hydroxylation is 1. The largest absolute Gasteiger partial charge is 0.339 e. The minimum Gasteiger partial charge on any atom is -0.339 e. The number of rotatable bonds is 5. The van der Waals surface area contributed by atoms with E-state index in [1.807, 2.05) is 6.92 Å². The second-order valence-electron chi connectivity index (χ2n) is 6.04. The van der Waals surface area contributed by atoms with Gasteiger partial charge < -0.3 is 9.84 Å². The van der Waals surface area contributed by atoms with Gasteiger partial charge in [0.1, 0.15) is 11.6 Å². The van der Waals surface area contributed by atoms with Gasteiger partial charge in [-0.2, -0.15) is 10.1 Å². The fourth-order valence-electron chi connectivity index (χ4n) is 2.81. The van der Waals surface area contributed by atoms with Gasteiger partial charge in [0.15, 0.2) is 11.6 Å². The zero-order valence-corrected chi connectivity index (χ0v) is 13.2. The molecule has 0 spiro atoms. The van der Waals surface area contributed by atoms with E-state index in [2.05, 4.69) is 30.6 Å². The van der Waals surface area contributed by atoms with Crippen molar-refractivity contribution in [3.63, 3.8) is 0 Å². The number of benzene rings is 1. The van der Waals surface area contributed by atoms with Crippen molar-refractivity contribution in [3.8, 4) is 11.4 Å². The van der Waals surface area contributed by atoms with Crippen molar-refractivity contribution in [3.05, 3.63) is 47.6 Å². The Hall–Kier alpha value is -2.61. The van der Waals surface area contributed by atoms with Crippen LogP contribution in [-0.2, 0) is 6.54 Å². The Bertz CT molecular complexity index is 821. The van der Waals surface area contributed by atoms with Crippen LogP contribution in [0.3, 0.4) is 0 Å². The molecule has 1 fully saturated rings. The van der Waals surface area contributed by atoms with Crippen LogP contribution in [0, 0.1) is 12.7 Å². The maximum absolute atomic E-state index is 12.9. The summed E-state index contributed by atoms with van der Waals surface area (Å²) in [5.41, 5.74) is 0.786. The predicted octanol–water partition coefficient (Wildman–Crippen LogP) is 2.34. The molecule has 4 rings (SSSR count). The summed E-state index contributed by atoms with van der Waals surface area (Å²) in [5, 5.41) is 14.3. The molecular weight excluding hydrogens is 311 g/mol. The van der Waals surface area contributed by atoms with E-state index in [9.17, 15) is 4.39 Å². The third-order valence-electron chi connectivity index (χ3n) is 4.22. The number of halogens is 1. The fourth-order valence-corrected chi connectivity index (χ4v) is 2.81. The Morgan fingerprint density at radius 3 is 2.75 bits per heavy atom. The molecule has 124 valence electrons. The van der Waals surface area contributed by atoms with Crippen LogP contribution >= 0.6 is 0 Å². The summed E-state index contributed by atoms with van der Waals surface area (Å²) >= 11 is 0. The summed E-state index contributed by atoms with van der Waals surface area (Å²) in [4.78, 5) is 8.70. The Balaban J connectivity index is 1.29. The predicted molar refractivity (Wildman–Crippen MR) is 83.4 cm³/mol. The maximum Gasteiger partial charge on any atom is 0.229 e. The lowest BCUT2D eigenvalue weighted by molar-refractivity contribution is 0.232. The molecular formula is C16H17FN6O. The van der Waals surface area contributed by atoms with Crippen LogP contribution in [0.2, 0.25) is 0 Å². The zero-order chi connectivity index (χ0) is 16.5. The molecule has 1 aromatic carbocycles. The summed E-state index contributed by atoms with van der Waals surface area (Å²) < 4.78 is 18.1. The van der Waals surface area contributed by atoms with Crippen molar-refractivity contribution in [2.75, 3.05) is 0 Å². The van der Waals surface area contributed by atoms with Gasteiger partial charge in [0.2, 0.25) is 5.89 Å². The number of hydrogen-bond acceptors (Lipinski definition) is 6. The normalized spacial score (nSPS) is 20.1. The van der Waals surface area contributed by atoms with Crippen LogP contribution < -0.4 is 5.32 Å². The molecule has 0 amide bonds. The molecule has 1 saturated carbocycles.